The van der Waals surface area contributed by atoms with E-state index in [2.05, 4.69) is 25.3 Å². The average Bonchev–Trinajstić information content (AvgIpc) is 2.74. The van der Waals surface area contributed by atoms with Crippen LogP contribution in [0.4, 0.5) is 11.5 Å². The van der Waals surface area contributed by atoms with Gasteiger partial charge in [0.1, 0.15) is 12.2 Å². The van der Waals surface area contributed by atoms with E-state index >= 15 is 0 Å². The van der Waals surface area contributed by atoms with Crippen LogP contribution in [0.1, 0.15) is 5.82 Å². The summed E-state index contributed by atoms with van der Waals surface area (Å²) in [7, 11) is 0. The lowest BCUT2D eigenvalue weighted by atomic mass is 10.4. The summed E-state index contributed by atoms with van der Waals surface area (Å²) < 4.78 is 0. The van der Waals surface area contributed by atoms with E-state index in [1.807, 2.05) is 0 Å². The summed E-state index contributed by atoms with van der Waals surface area (Å²) in [6, 6.07) is 0. The van der Waals surface area contributed by atoms with Gasteiger partial charge in [0.05, 0.1) is 11.9 Å². The van der Waals surface area contributed by atoms with Crippen LogP contribution in [0, 0.1) is 0 Å². The monoisotopic (exact) mass is 204 g/mol. The first-order valence-corrected chi connectivity index (χ1v) is 4.64. The molecule has 0 amide bonds. The third-order valence-corrected chi connectivity index (χ3v) is 1.95. The Morgan fingerprint density at radius 1 is 1.40 bits per heavy atom. The summed E-state index contributed by atoms with van der Waals surface area (Å²) in [5.41, 5.74) is 6.22. The SMILES string of the molecule is Nc1cncnc1NCCc1ncc[nH]1. The van der Waals surface area contributed by atoms with Crippen molar-refractivity contribution in [2.75, 3.05) is 17.6 Å². The van der Waals surface area contributed by atoms with Crippen LogP contribution in [0.2, 0.25) is 0 Å². The van der Waals surface area contributed by atoms with Gasteiger partial charge in [0.15, 0.2) is 5.82 Å². The van der Waals surface area contributed by atoms with Crippen molar-refractivity contribution in [3.05, 3.63) is 30.7 Å². The fourth-order valence-corrected chi connectivity index (χ4v) is 1.22. The van der Waals surface area contributed by atoms with E-state index in [-0.39, 0.29) is 0 Å². The molecule has 6 nitrogen and oxygen atoms in total. The number of hydrogen-bond acceptors (Lipinski definition) is 5. The summed E-state index contributed by atoms with van der Waals surface area (Å²) >= 11 is 0. The first-order chi connectivity index (χ1) is 7.36. The standard InChI is InChI=1S/C9H12N6/c10-7-5-11-6-15-9(7)14-2-1-8-12-3-4-13-8/h3-6H,1-2,10H2,(H,12,13)(H,11,14,15). The first kappa shape index (κ1) is 9.45. The quantitative estimate of drug-likeness (QED) is 0.671. The maximum atomic E-state index is 5.67. The Hall–Kier alpha value is -2.11. The molecule has 6 heteroatoms. The van der Waals surface area contributed by atoms with Crippen LogP contribution in [0.5, 0.6) is 0 Å². The van der Waals surface area contributed by atoms with Crippen molar-refractivity contribution < 1.29 is 0 Å². The molecule has 2 heterocycles. The number of aromatic nitrogens is 4. The molecule has 0 unspecified atom stereocenters. The lowest BCUT2D eigenvalue weighted by molar-refractivity contribution is 0.920. The van der Waals surface area contributed by atoms with E-state index in [1.165, 1.54) is 6.33 Å². The fourth-order valence-electron chi connectivity index (χ4n) is 1.22. The van der Waals surface area contributed by atoms with Gasteiger partial charge in [-0.05, 0) is 0 Å². The molecule has 0 atom stereocenters. The zero-order valence-corrected chi connectivity index (χ0v) is 8.14. The highest BCUT2D eigenvalue weighted by Crippen LogP contribution is 2.10. The topological polar surface area (TPSA) is 92.5 Å². The molecule has 4 N–H and O–H groups in total. The van der Waals surface area contributed by atoms with Crippen molar-refractivity contribution in [3.63, 3.8) is 0 Å². The molecule has 15 heavy (non-hydrogen) atoms. The lowest BCUT2D eigenvalue weighted by Crippen LogP contribution is -2.09. The van der Waals surface area contributed by atoms with E-state index in [9.17, 15) is 0 Å². The predicted molar refractivity (Wildman–Crippen MR) is 57.2 cm³/mol. The third-order valence-electron chi connectivity index (χ3n) is 1.95. The summed E-state index contributed by atoms with van der Waals surface area (Å²) in [5.74, 6) is 1.60. The minimum absolute atomic E-state index is 0.553. The molecule has 0 fully saturated rings. The van der Waals surface area contributed by atoms with Gasteiger partial charge in [0.2, 0.25) is 0 Å². The average molecular weight is 204 g/mol. The van der Waals surface area contributed by atoms with Crippen LogP contribution >= 0.6 is 0 Å². The van der Waals surface area contributed by atoms with Crippen molar-refractivity contribution in [2.24, 2.45) is 0 Å². The van der Waals surface area contributed by atoms with Crippen LogP contribution in [0.15, 0.2) is 24.9 Å². The highest BCUT2D eigenvalue weighted by molar-refractivity contribution is 5.58. The Kier molecular flexibility index (Phi) is 2.77. The van der Waals surface area contributed by atoms with Crippen LogP contribution < -0.4 is 11.1 Å². The molecule has 0 saturated carbocycles. The van der Waals surface area contributed by atoms with Gasteiger partial charge in [-0.1, -0.05) is 0 Å². The van der Waals surface area contributed by atoms with Crippen molar-refractivity contribution in [3.8, 4) is 0 Å². The minimum Gasteiger partial charge on any atom is -0.394 e. The summed E-state index contributed by atoms with van der Waals surface area (Å²) in [4.78, 5) is 15.0. The fraction of sp³-hybridized carbons (Fsp3) is 0.222. The zero-order chi connectivity index (χ0) is 10.5. The number of aromatic amines is 1. The van der Waals surface area contributed by atoms with E-state index < -0.39 is 0 Å². The molecule has 2 rings (SSSR count). The second-order valence-electron chi connectivity index (χ2n) is 3.04. The van der Waals surface area contributed by atoms with Gasteiger partial charge >= 0.3 is 0 Å². The molecule has 0 aromatic carbocycles. The normalized spacial score (nSPS) is 10.1. The second kappa shape index (κ2) is 4.41. The molecule has 2 aromatic heterocycles. The maximum absolute atomic E-state index is 5.67. The maximum Gasteiger partial charge on any atom is 0.152 e. The molecule has 0 saturated heterocycles. The number of nitrogens with one attached hydrogen (secondary N) is 2. The van der Waals surface area contributed by atoms with Gasteiger partial charge in [-0.25, -0.2) is 15.0 Å². The van der Waals surface area contributed by atoms with Crippen molar-refractivity contribution in [2.45, 2.75) is 6.42 Å². The third kappa shape index (κ3) is 2.43. The Morgan fingerprint density at radius 2 is 2.33 bits per heavy atom. The Morgan fingerprint density at radius 3 is 3.07 bits per heavy atom. The van der Waals surface area contributed by atoms with Crippen LogP contribution in [0.3, 0.4) is 0 Å². The molecule has 0 aliphatic heterocycles. The number of H-pyrrole nitrogens is 1. The molecule has 0 aliphatic carbocycles. The van der Waals surface area contributed by atoms with Gasteiger partial charge in [0.25, 0.3) is 0 Å². The Labute approximate surface area is 87.0 Å². The van der Waals surface area contributed by atoms with Gasteiger partial charge < -0.3 is 16.0 Å². The summed E-state index contributed by atoms with van der Waals surface area (Å²) in [5, 5.41) is 3.12. The Bertz CT molecular complexity index is 410. The van der Waals surface area contributed by atoms with Gasteiger partial charge in [-0.15, -0.1) is 0 Å². The van der Waals surface area contributed by atoms with Crippen molar-refractivity contribution in [1.82, 2.24) is 19.9 Å². The van der Waals surface area contributed by atoms with Gasteiger partial charge in [-0.3, -0.25) is 0 Å². The number of nitrogen functional groups attached to an aromatic ring is 1. The molecular formula is C9H12N6. The predicted octanol–water partition coefficient (Wildman–Crippen LogP) is 0.436. The number of hydrogen-bond donors (Lipinski definition) is 3. The number of nitrogens with two attached hydrogens (primary N) is 1. The zero-order valence-electron chi connectivity index (χ0n) is 8.14. The molecule has 0 bridgehead atoms. The largest absolute Gasteiger partial charge is 0.394 e. The van der Waals surface area contributed by atoms with Crippen molar-refractivity contribution >= 4 is 11.5 Å². The molecule has 2 aromatic rings. The van der Waals surface area contributed by atoms with E-state index in [0.29, 0.717) is 11.5 Å². The molecule has 0 aliphatic rings. The highest BCUT2D eigenvalue weighted by atomic mass is 15.0. The molecular weight excluding hydrogens is 192 g/mol. The van der Waals surface area contributed by atoms with Crippen LogP contribution in [-0.4, -0.2) is 26.5 Å². The van der Waals surface area contributed by atoms with E-state index in [1.54, 1.807) is 18.6 Å². The second-order valence-corrected chi connectivity index (χ2v) is 3.04. The van der Waals surface area contributed by atoms with Gasteiger partial charge in [-0.2, -0.15) is 0 Å². The Balaban J connectivity index is 1.86. The highest BCUT2D eigenvalue weighted by Gasteiger charge is 1.99. The van der Waals surface area contributed by atoms with Crippen LogP contribution in [-0.2, 0) is 6.42 Å². The van der Waals surface area contributed by atoms with Gasteiger partial charge in [0, 0.05) is 25.4 Å². The first-order valence-electron chi connectivity index (χ1n) is 4.64. The van der Waals surface area contributed by atoms with E-state index in [4.69, 9.17) is 5.73 Å². The van der Waals surface area contributed by atoms with Crippen molar-refractivity contribution in [1.29, 1.82) is 0 Å². The molecule has 0 radical (unpaired) electrons. The minimum atomic E-state index is 0.553. The van der Waals surface area contributed by atoms with E-state index in [0.717, 1.165) is 18.8 Å². The number of imidazole rings is 1. The van der Waals surface area contributed by atoms with Crippen LogP contribution in [0.25, 0.3) is 0 Å². The number of anilines is 2. The number of nitrogens with zero attached hydrogens (tertiary/aromatic N) is 3. The molecule has 0 spiro atoms. The summed E-state index contributed by atoms with van der Waals surface area (Å²) in [6.07, 6.45) is 7.37. The molecule has 78 valence electrons. The summed E-state index contributed by atoms with van der Waals surface area (Å²) in [6.45, 7) is 0.731. The lowest BCUT2D eigenvalue weighted by Gasteiger charge is -2.05. The smallest absolute Gasteiger partial charge is 0.152 e. The number of rotatable bonds is 4.